The maximum Gasteiger partial charge on any atom is 0.152 e. The van der Waals surface area contributed by atoms with Gasteiger partial charge in [0, 0.05) is 35.5 Å². The number of fused-ring (bicyclic) bond motifs is 1. The molecule has 6 heteroatoms. The lowest BCUT2D eigenvalue weighted by atomic mass is 10.1. The Labute approximate surface area is 124 Å². The van der Waals surface area contributed by atoms with Gasteiger partial charge in [0.25, 0.3) is 0 Å². The smallest absolute Gasteiger partial charge is 0.152 e. The molecule has 0 amide bonds. The molecule has 21 heavy (non-hydrogen) atoms. The number of benzene rings is 1. The van der Waals surface area contributed by atoms with Crippen molar-refractivity contribution in [3.8, 4) is 0 Å². The first kappa shape index (κ1) is 14.1. The van der Waals surface area contributed by atoms with Gasteiger partial charge in [-0.1, -0.05) is 0 Å². The van der Waals surface area contributed by atoms with E-state index in [0.29, 0.717) is 12.1 Å². The van der Waals surface area contributed by atoms with Crippen molar-refractivity contribution in [3.05, 3.63) is 30.0 Å². The molecule has 112 valence electrons. The van der Waals surface area contributed by atoms with E-state index in [4.69, 9.17) is 5.73 Å². The van der Waals surface area contributed by atoms with Gasteiger partial charge in [0.15, 0.2) is 9.84 Å². The van der Waals surface area contributed by atoms with Crippen molar-refractivity contribution < 1.29 is 8.42 Å². The van der Waals surface area contributed by atoms with Gasteiger partial charge in [0.2, 0.25) is 0 Å². The number of sulfone groups is 1. The molecule has 0 bridgehead atoms. The van der Waals surface area contributed by atoms with Gasteiger partial charge in [-0.3, -0.25) is 4.98 Å². The minimum absolute atomic E-state index is 0.0152. The molecule has 1 aliphatic heterocycles. The van der Waals surface area contributed by atoms with E-state index in [1.54, 1.807) is 0 Å². The summed E-state index contributed by atoms with van der Waals surface area (Å²) in [5, 5.41) is 0.965. The van der Waals surface area contributed by atoms with Gasteiger partial charge in [-0.2, -0.15) is 0 Å². The molecule has 5 nitrogen and oxygen atoms in total. The number of nitrogens with zero attached hydrogens (tertiary/aromatic N) is 2. The molecule has 0 saturated carbocycles. The lowest BCUT2D eigenvalue weighted by molar-refractivity contribution is 0.601. The van der Waals surface area contributed by atoms with Crippen LogP contribution in [0.15, 0.2) is 24.3 Å². The van der Waals surface area contributed by atoms with E-state index in [2.05, 4.69) is 9.88 Å². The molecule has 0 aliphatic carbocycles. The Morgan fingerprint density at radius 2 is 2.10 bits per heavy atom. The first-order valence-electron chi connectivity index (χ1n) is 6.96. The molecule has 1 atom stereocenters. The van der Waals surface area contributed by atoms with E-state index in [-0.39, 0.29) is 17.5 Å². The zero-order valence-electron chi connectivity index (χ0n) is 12.2. The van der Waals surface area contributed by atoms with E-state index < -0.39 is 9.84 Å². The minimum atomic E-state index is -2.90. The lowest BCUT2D eigenvalue weighted by Crippen LogP contribution is -2.32. The molecular weight excluding hydrogens is 286 g/mol. The second kappa shape index (κ2) is 4.87. The third-order valence-electron chi connectivity index (χ3n) is 4.08. The number of nitrogen functional groups attached to an aromatic ring is 1. The highest BCUT2D eigenvalue weighted by Gasteiger charge is 2.31. The summed E-state index contributed by atoms with van der Waals surface area (Å²) in [5.41, 5.74) is 9.35. The number of hydrogen-bond donors (Lipinski definition) is 1. The average molecular weight is 305 g/mol. The van der Waals surface area contributed by atoms with E-state index >= 15 is 0 Å². The molecule has 1 unspecified atom stereocenters. The molecule has 1 aromatic carbocycles. The Kier molecular flexibility index (Phi) is 3.28. The lowest BCUT2D eigenvalue weighted by Gasteiger charge is -2.27. The summed E-state index contributed by atoms with van der Waals surface area (Å²) < 4.78 is 23.4. The molecular formula is C15H19N3O2S. The molecule has 1 saturated heterocycles. The van der Waals surface area contributed by atoms with Crippen LogP contribution in [-0.4, -0.2) is 38.0 Å². The van der Waals surface area contributed by atoms with Crippen LogP contribution in [0.3, 0.4) is 0 Å². The van der Waals surface area contributed by atoms with Gasteiger partial charge in [0.1, 0.15) is 0 Å². The Balaban J connectivity index is 2.09. The van der Waals surface area contributed by atoms with Gasteiger partial charge >= 0.3 is 0 Å². The van der Waals surface area contributed by atoms with Crippen LogP contribution in [0.1, 0.15) is 12.1 Å². The predicted molar refractivity (Wildman–Crippen MR) is 86.4 cm³/mol. The number of aromatic nitrogens is 1. The van der Waals surface area contributed by atoms with Crippen molar-refractivity contribution in [2.45, 2.75) is 19.4 Å². The van der Waals surface area contributed by atoms with Crippen LogP contribution in [0.25, 0.3) is 10.9 Å². The van der Waals surface area contributed by atoms with Crippen molar-refractivity contribution in [1.29, 1.82) is 0 Å². The van der Waals surface area contributed by atoms with Crippen molar-refractivity contribution in [2.75, 3.05) is 29.2 Å². The number of pyridine rings is 1. The van der Waals surface area contributed by atoms with Crippen molar-refractivity contribution in [1.82, 2.24) is 4.98 Å². The van der Waals surface area contributed by atoms with Gasteiger partial charge in [-0.25, -0.2) is 8.42 Å². The zero-order chi connectivity index (χ0) is 15.2. The number of hydrogen-bond acceptors (Lipinski definition) is 5. The highest BCUT2D eigenvalue weighted by Crippen LogP contribution is 2.31. The summed E-state index contributed by atoms with van der Waals surface area (Å²) in [6.45, 7) is 1.94. The third-order valence-corrected chi connectivity index (χ3v) is 5.83. The standard InChI is InChI=1S/C15H19N3O2S/c1-10-7-15(13-8-11(16)3-4-14(13)17-10)18(2)12-5-6-21(19,20)9-12/h3-4,7-8,12H,5-6,9,16H2,1-2H3. The van der Waals surface area contributed by atoms with Crippen molar-refractivity contribution in [2.24, 2.45) is 0 Å². The summed E-state index contributed by atoms with van der Waals surface area (Å²) in [4.78, 5) is 6.57. The molecule has 3 rings (SSSR count). The molecule has 2 N–H and O–H groups in total. The SMILES string of the molecule is Cc1cc(N(C)C2CCS(=O)(=O)C2)c2cc(N)ccc2n1. The summed E-state index contributed by atoms with van der Waals surface area (Å²) in [5.74, 6) is 0.487. The normalized spacial score (nSPS) is 20.8. The highest BCUT2D eigenvalue weighted by molar-refractivity contribution is 7.91. The molecule has 0 radical (unpaired) electrons. The van der Waals surface area contributed by atoms with Gasteiger partial charge in [-0.05, 0) is 37.6 Å². The molecule has 1 fully saturated rings. The average Bonchev–Trinajstić information content (AvgIpc) is 2.78. The first-order valence-corrected chi connectivity index (χ1v) is 8.78. The van der Waals surface area contributed by atoms with Crippen LogP contribution in [-0.2, 0) is 9.84 Å². The van der Waals surface area contributed by atoms with Crippen LogP contribution in [0, 0.1) is 6.92 Å². The maximum atomic E-state index is 11.7. The fraction of sp³-hybridized carbons (Fsp3) is 0.400. The van der Waals surface area contributed by atoms with E-state index in [1.807, 2.05) is 38.2 Å². The maximum absolute atomic E-state index is 11.7. The topological polar surface area (TPSA) is 76.3 Å². The number of aryl methyl sites for hydroxylation is 1. The fourth-order valence-electron chi connectivity index (χ4n) is 2.92. The summed E-state index contributed by atoms with van der Waals surface area (Å²) in [6.07, 6.45) is 0.671. The zero-order valence-corrected chi connectivity index (χ0v) is 13.0. The van der Waals surface area contributed by atoms with E-state index in [0.717, 1.165) is 22.3 Å². The van der Waals surface area contributed by atoms with Crippen molar-refractivity contribution in [3.63, 3.8) is 0 Å². The van der Waals surface area contributed by atoms with Crippen LogP contribution in [0.2, 0.25) is 0 Å². The van der Waals surface area contributed by atoms with Crippen molar-refractivity contribution >= 4 is 32.1 Å². The van der Waals surface area contributed by atoms with E-state index in [1.165, 1.54) is 0 Å². The molecule has 0 spiro atoms. The van der Waals surface area contributed by atoms with Crippen LogP contribution >= 0.6 is 0 Å². The fourth-order valence-corrected chi connectivity index (χ4v) is 4.70. The first-order chi connectivity index (χ1) is 9.85. The summed E-state index contributed by atoms with van der Waals surface area (Å²) in [7, 11) is -0.955. The Bertz CT molecular complexity index is 802. The van der Waals surface area contributed by atoms with Crippen LogP contribution < -0.4 is 10.6 Å². The van der Waals surface area contributed by atoms with Gasteiger partial charge < -0.3 is 10.6 Å². The van der Waals surface area contributed by atoms with E-state index in [9.17, 15) is 8.42 Å². The Morgan fingerprint density at radius 1 is 1.33 bits per heavy atom. The quantitative estimate of drug-likeness (QED) is 0.855. The molecule has 1 aliphatic rings. The van der Waals surface area contributed by atoms with Gasteiger partial charge in [-0.15, -0.1) is 0 Å². The molecule has 2 heterocycles. The van der Waals surface area contributed by atoms with Gasteiger partial charge in [0.05, 0.1) is 17.0 Å². The number of nitrogens with two attached hydrogens (primary N) is 1. The highest BCUT2D eigenvalue weighted by atomic mass is 32.2. The largest absolute Gasteiger partial charge is 0.399 e. The third kappa shape index (κ3) is 2.68. The minimum Gasteiger partial charge on any atom is -0.399 e. The number of anilines is 2. The number of rotatable bonds is 2. The second-order valence-corrected chi connectivity index (χ2v) is 7.96. The summed E-state index contributed by atoms with van der Waals surface area (Å²) >= 11 is 0. The second-order valence-electron chi connectivity index (χ2n) is 5.73. The van der Waals surface area contributed by atoms with Crippen LogP contribution in [0.5, 0.6) is 0 Å². The predicted octanol–water partition coefficient (Wildman–Crippen LogP) is 1.75. The molecule has 2 aromatic rings. The monoisotopic (exact) mass is 305 g/mol. The Hall–Kier alpha value is -1.82. The van der Waals surface area contributed by atoms with Crippen LogP contribution in [0.4, 0.5) is 11.4 Å². The Morgan fingerprint density at radius 3 is 2.76 bits per heavy atom. The summed E-state index contributed by atoms with van der Waals surface area (Å²) in [6, 6.07) is 7.64. The molecule has 1 aromatic heterocycles.